The molecule has 0 N–H and O–H groups in total. The highest BCUT2D eigenvalue weighted by Gasteiger charge is 2.45. The van der Waals surface area contributed by atoms with E-state index in [1.807, 2.05) is 13.8 Å². The van der Waals surface area contributed by atoms with E-state index in [-0.39, 0.29) is 0 Å². The Labute approximate surface area is 133 Å². The summed E-state index contributed by atoms with van der Waals surface area (Å²) in [5.41, 5.74) is 0. The first-order chi connectivity index (χ1) is 9.97. The van der Waals surface area contributed by atoms with Crippen molar-refractivity contribution in [2.24, 2.45) is 11.8 Å². The minimum atomic E-state index is 0.730. The molecule has 3 heteroatoms. The van der Waals surface area contributed by atoms with Crippen LogP contribution in [0.2, 0.25) is 0 Å². The maximum absolute atomic E-state index is 2.60. The Morgan fingerprint density at radius 3 is 1.48 bits per heavy atom. The summed E-state index contributed by atoms with van der Waals surface area (Å²) >= 11 is 0. The van der Waals surface area contributed by atoms with Gasteiger partial charge in [0.25, 0.3) is 0 Å². The molecule has 0 spiro atoms. The molecule has 2 atom stereocenters. The topological polar surface area (TPSA) is 9.72 Å². The molecule has 21 heavy (non-hydrogen) atoms. The third-order valence-electron chi connectivity index (χ3n) is 5.01. The van der Waals surface area contributed by atoms with Crippen LogP contribution in [0.1, 0.15) is 48.0 Å². The SMILES string of the molecule is CC.CC(C)N1CC2CC2C1.CC(C)N1CCN(C)CC1. The number of fused-ring (bicyclic) bond motifs is 1. The van der Waals surface area contributed by atoms with Gasteiger partial charge in [-0.2, -0.15) is 0 Å². The summed E-state index contributed by atoms with van der Waals surface area (Å²) in [5, 5.41) is 0. The second kappa shape index (κ2) is 9.12. The van der Waals surface area contributed by atoms with Crippen molar-refractivity contribution < 1.29 is 0 Å². The molecule has 1 aliphatic carbocycles. The van der Waals surface area contributed by atoms with Crippen molar-refractivity contribution >= 4 is 0 Å². The van der Waals surface area contributed by atoms with E-state index in [1.54, 1.807) is 0 Å². The van der Waals surface area contributed by atoms with E-state index in [2.05, 4.69) is 49.4 Å². The van der Waals surface area contributed by atoms with Crippen molar-refractivity contribution in [1.82, 2.24) is 14.7 Å². The van der Waals surface area contributed by atoms with Crippen LogP contribution < -0.4 is 0 Å². The van der Waals surface area contributed by atoms with E-state index in [4.69, 9.17) is 0 Å². The average Bonchev–Trinajstić information content (AvgIpc) is 3.08. The first kappa shape index (κ1) is 18.9. The van der Waals surface area contributed by atoms with Gasteiger partial charge in [0.2, 0.25) is 0 Å². The summed E-state index contributed by atoms with van der Waals surface area (Å²) in [6, 6.07) is 1.52. The van der Waals surface area contributed by atoms with Gasteiger partial charge in [-0.3, -0.25) is 4.90 Å². The quantitative estimate of drug-likeness (QED) is 0.776. The second-order valence-corrected chi connectivity index (χ2v) is 7.24. The summed E-state index contributed by atoms with van der Waals surface area (Å²) in [6.07, 6.45) is 1.53. The van der Waals surface area contributed by atoms with E-state index in [9.17, 15) is 0 Å². The zero-order chi connectivity index (χ0) is 16.0. The van der Waals surface area contributed by atoms with Crippen molar-refractivity contribution in [3.8, 4) is 0 Å². The van der Waals surface area contributed by atoms with Crippen molar-refractivity contribution in [2.75, 3.05) is 46.3 Å². The third-order valence-corrected chi connectivity index (χ3v) is 5.01. The molecule has 0 aromatic carbocycles. The normalized spacial score (nSPS) is 29.6. The average molecular weight is 298 g/mol. The second-order valence-electron chi connectivity index (χ2n) is 7.24. The van der Waals surface area contributed by atoms with Crippen LogP contribution in [0.3, 0.4) is 0 Å². The number of nitrogens with zero attached hydrogens (tertiary/aromatic N) is 3. The first-order valence-electron chi connectivity index (χ1n) is 9.14. The fourth-order valence-electron chi connectivity index (χ4n) is 3.19. The van der Waals surface area contributed by atoms with E-state index in [0.29, 0.717) is 0 Å². The fourth-order valence-corrected chi connectivity index (χ4v) is 3.19. The third kappa shape index (κ3) is 6.25. The molecule has 0 aromatic heterocycles. The molecule has 0 radical (unpaired) electrons. The Kier molecular flexibility index (Phi) is 8.22. The van der Waals surface area contributed by atoms with Crippen molar-refractivity contribution in [2.45, 2.75) is 60.0 Å². The molecule has 3 aliphatic rings. The maximum atomic E-state index is 2.60. The van der Waals surface area contributed by atoms with Gasteiger partial charge in [0.1, 0.15) is 0 Å². The van der Waals surface area contributed by atoms with Crippen LogP contribution in [0.5, 0.6) is 0 Å². The molecule has 0 amide bonds. The summed E-state index contributed by atoms with van der Waals surface area (Å²) in [6.45, 7) is 20.9. The van der Waals surface area contributed by atoms with Gasteiger partial charge in [0, 0.05) is 51.4 Å². The molecule has 126 valence electrons. The van der Waals surface area contributed by atoms with Gasteiger partial charge >= 0.3 is 0 Å². The van der Waals surface area contributed by atoms with E-state index in [0.717, 1.165) is 23.9 Å². The number of piperidine rings is 1. The fraction of sp³-hybridized carbons (Fsp3) is 1.00. The van der Waals surface area contributed by atoms with Crippen molar-refractivity contribution in [3.05, 3.63) is 0 Å². The number of hydrogen-bond acceptors (Lipinski definition) is 3. The minimum Gasteiger partial charge on any atom is -0.304 e. The van der Waals surface area contributed by atoms with Crippen molar-refractivity contribution in [1.29, 1.82) is 0 Å². The number of hydrogen-bond donors (Lipinski definition) is 0. The first-order valence-corrected chi connectivity index (χ1v) is 9.14. The summed E-state index contributed by atoms with van der Waals surface area (Å²) in [5.74, 6) is 2.21. The zero-order valence-electron chi connectivity index (χ0n) is 15.6. The Hall–Kier alpha value is -0.120. The molecule has 2 saturated heterocycles. The maximum Gasteiger partial charge on any atom is 0.0112 e. The Morgan fingerprint density at radius 2 is 1.14 bits per heavy atom. The lowest BCUT2D eigenvalue weighted by atomic mass is 10.2. The molecule has 1 saturated carbocycles. The van der Waals surface area contributed by atoms with E-state index in [1.165, 1.54) is 45.7 Å². The summed E-state index contributed by atoms with van der Waals surface area (Å²) < 4.78 is 0. The number of piperazine rings is 1. The van der Waals surface area contributed by atoms with E-state index >= 15 is 0 Å². The Morgan fingerprint density at radius 1 is 0.714 bits per heavy atom. The highest BCUT2D eigenvalue weighted by atomic mass is 15.3. The Bertz CT molecular complexity index is 260. The molecule has 3 rings (SSSR count). The van der Waals surface area contributed by atoms with Gasteiger partial charge in [-0.1, -0.05) is 13.8 Å². The van der Waals surface area contributed by atoms with Crippen LogP contribution in [-0.2, 0) is 0 Å². The van der Waals surface area contributed by atoms with Crippen LogP contribution >= 0.6 is 0 Å². The monoisotopic (exact) mass is 297 g/mol. The summed E-state index contributed by atoms with van der Waals surface area (Å²) in [7, 11) is 2.19. The molecular formula is C18H39N3. The lowest BCUT2D eigenvalue weighted by Gasteiger charge is -2.34. The molecular weight excluding hydrogens is 258 g/mol. The highest BCUT2D eigenvalue weighted by Crippen LogP contribution is 2.45. The number of likely N-dealkylation sites (tertiary alicyclic amines) is 1. The van der Waals surface area contributed by atoms with Crippen LogP contribution in [0.4, 0.5) is 0 Å². The van der Waals surface area contributed by atoms with Gasteiger partial charge in [0.05, 0.1) is 0 Å². The van der Waals surface area contributed by atoms with Gasteiger partial charge in [-0.05, 0) is 53.0 Å². The molecule has 0 aromatic rings. The van der Waals surface area contributed by atoms with Gasteiger partial charge in [0.15, 0.2) is 0 Å². The number of likely N-dealkylation sites (N-methyl/N-ethyl adjacent to an activating group) is 1. The molecule has 2 unspecified atom stereocenters. The van der Waals surface area contributed by atoms with Gasteiger partial charge in [-0.15, -0.1) is 0 Å². The van der Waals surface area contributed by atoms with Crippen LogP contribution in [0.25, 0.3) is 0 Å². The lowest BCUT2D eigenvalue weighted by Crippen LogP contribution is -2.47. The predicted molar refractivity (Wildman–Crippen MR) is 93.9 cm³/mol. The van der Waals surface area contributed by atoms with Crippen LogP contribution in [0.15, 0.2) is 0 Å². The molecule has 0 bridgehead atoms. The van der Waals surface area contributed by atoms with Gasteiger partial charge < -0.3 is 9.80 Å². The van der Waals surface area contributed by atoms with Gasteiger partial charge in [-0.25, -0.2) is 0 Å². The van der Waals surface area contributed by atoms with Crippen molar-refractivity contribution in [3.63, 3.8) is 0 Å². The zero-order valence-corrected chi connectivity index (χ0v) is 15.6. The predicted octanol–water partition coefficient (Wildman–Crippen LogP) is 3.01. The Balaban J connectivity index is 0.000000188. The standard InChI is InChI=1S/C8H18N2.C8H15N.C2H6/c1-8(2)10-6-4-9(3)5-7-10;1-6(2)9-4-7-3-8(7)5-9;1-2/h8H,4-7H2,1-3H3;6-8H,3-5H2,1-2H3;1-2H3. The molecule has 2 aliphatic heterocycles. The largest absolute Gasteiger partial charge is 0.304 e. The highest BCUT2D eigenvalue weighted by molar-refractivity contribution is 4.97. The molecule has 3 fully saturated rings. The molecule has 2 heterocycles. The van der Waals surface area contributed by atoms with Crippen LogP contribution in [-0.4, -0.2) is 73.1 Å². The smallest absolute Gasteiger partial charge is 0.0112 e. The summed E-state index contributed by atoms with van der Waals surface area (Å²) in [4.78, 5) is 7.51. The lowest BCUT2D eigenvalue weighted by molar-refractivity contribution is 0.126. The minimum absolute atomic E-state index is 0.730. The van der Waals surface area contributed by atoms with E-state index < -0.39 is 0 Å². The number of rotatable bonds is 2. The van der Waals surface area contributed by atoms with Crippen LogP contribution in [0, 0.1) is 11.8 Å². The molecule has 3 nitrogen and oxygen atoms in total.